The van der Waals surface area contributed by atoms with Gasteiger partial charge in [-0.1, -0.05) is 11.6 Å². The van der Waals surface area contributed by atoms with Crippen molar-refractivity contribution in [2.75, 3.05) is 23.8 Å². The Morgan fingerprint density at radius 3 is 2.48 bits per heavy atom. The predicted molar refractivity (Wildman–Crippen MR) is 105 cm³/mol. The third-order valence-electron chi connectivity index (χ3n) is 3.86. The molecule has 3 aromatic rings. The molecule has 3 rings (SSSR count). The lowest BCUT2D eigenvalue weighted by molar-refractivity contribution is -0.137. The van der Waals surface area contributed by atoms with Crippen LogP contribution >= 0.6 is 11.6 Å². The first kappa shape index (κ1) is 20.8. The Morgan fingerprint density at radius 2 is 1.79 bits per heavy atom. The molecule has 152 valence electrons. The van der Waals surface area contributed by atoms with E-state index in [4.69, 9.17) is 16.7 Å². The number of benzene rings is 1. The Kier molecular flexibility index (Phi) is 6.50. The van der Waals surface area contributed by atoms with Crippen molar-refractivity contribution in [3.05, 3.63) is 59.4 Å². The molecule has 0 aliphatic rings. The van der Waals surface area contributed by atoms with Gasteiger partial charge in [0.15, 0.2) is 0 Å². The van der Waals surface area contributed by atoms with Crippen LogP contribution in [0.15, 0.2) is 48.8 Å². The fourth-order valence-electron chi connectivity index (χ4n) is 2.51. The van der Waals surface area contributed by atoms with Crippen molar-refractivity contribution in [3.63, 3.8) is 0 Å². The lowest BCUT2D eigenvalue weighted by atomic mass is 10.1. The van der Waals surface area contributed by atoms with Crippen molar-refractivity contribution < 1.29 is 18.3 Å². The summed E-state index contributed by atoms with van der Waals surface area (Å²) in [5.74, 6) is 0.578. The maximum Gasteiger partial charge on any atom is 0.417 e. The van der Waals surface area contributed by atoms with Gasteiger partial charge in [-0.15, -0.1) is 0 Å². The molecule has 0 unspecified atom stereocenters. The number of nitrogens with one attached hydrogen (secondary N) is 2. The van der Waals surface area contributed by atoms with Gasteiger partial charge in [-0.05, 0) is 36.8 Å². The highest BCUT2D eigenvalue weighted by Gasteiger charge is 2.33. The van der Waals surface area contributed by atoms with E-state index in [1.54, 1.807) is 30.6 Å². The Hall–Kier alpha value is -2.91. The van der Waals surface area contributed by atoms with Gasteiger partial charge in [0.1, 0.15) is 5.82 Å². The molecule has 6 nitrogen and oxygen atoms in total. The number of nitrogens with zero attached hydrogens (tertiary/aromatic N) is 3. The number of hydrogen-bond donors (Lipinski definition) is 3. The van der Waals surface area contributed by atoms with Crippen LogP contribution in [0.4, 0.5) is 30.6 Å². The van der Waals surface area contributed by atoms with Crippen LogP contribution < -0.4 is 10.6 Å². The van der Waals surface area contributed by atoms with Crippen molar-refractivity contribution in [1.82, 2.24) is 15.0 Å². The fraction of sp³-hybridized carbons (Fsp3) is 0.211. The van der Waals surface area contributed by atoms with Crippen LogP contribution in [0.1, 0.15) is 12.0 Å². The van der Waals surface area contributed by atoms with E-state index in [2.05, 4.69) is 25.6 Å². The number of aliphatic hydroxyl groups is 1. The monoisotopic (exact) mass is 423 g/mol. The summed E-state index contributed by atoms with van der Waals surface area (Å²) in [5.41, 5.74) is 0.570. The van der Waals surface area contributed by atoms with Gasteiger partial charge in [-0.25, -0.2) is 4.98 Å². The molecule has 0 aliphatic heterocycles. The Morgan fingerprint density at radius 1 is 1.03 bits per heavy atom. The van der Waals surface area contributed by atoms with E-state index in [9.17, 15) is 13.2 Å². The lowest BCUT2D eigenvalue weighted by Crippen LogP contribution is -2.09. The smallest absolute Gasteiger partial charge is 0.396 e. The number of alkyl halides is 3. The molecule has 0 amide bonds. The average molecular weight is 424 g/mol. The highest BCUT2D eigenvalue weighted by Crippen LogP contribution is 2.36. The topological polar surface area (TPSA) is 83.0 Å². The van der Waals surface area contributed by atoms with E-state index in [0.29, 0.717) is 24.5 Å². The van der Waals surface area contributed by atoms with Gasteiger partial charge in [0.25, 0.3) is 0 Å². The number of anilines is 3. The average Bonchev–Trinajstić information content (AvgIpc) is 2.69. The van der Waals surface area contributed by atoms with Crippen LogP contribution in [-0.4, -0.2) is 33.2 Å². The number of halogens is 4. The van der Waals surface area contributed by atoms with E-state index in [1.807, 2.05) is 0 Å². The number of pyridine rings is 1. The summed E-state index contributed by atoms with van der Waals surface area (Å²) in [4.78, 5) is 12.7. The van der Waals surface area contributed by atoms with E-state index < -0.39 is 11.7 Å². The molecule has 0 bridgehead atoms. The van der Waals surface area contributed by atoms with E-state index in [1.165, 1.54) is 12.1 Å². The first-order valence-electron chi connectivity index (χ1n) is 8.65. The normalized spacial score (nSPS) is 11.3. The minimum Gasteiger partial charge on any atom is -0.396 e. The van der Waals surface area contributed by atoms with Crippen molar-refractivity contribution >= 4 is 29.1 Å². The molecule has 3 N–H and O–H groups in total. The Bertz CT molecular complexity index is 970. The van der Waals surface area contributed by atoms with Crippen LogP contribution in [0.3, 0.4) is 0 Å². The van der Waals surface area contributed by atoms with Crippen molar-refractivity contribution in [1.29, 1.82) is 0 Å². The molecule has 0 atom stereocenters. The second-order valence-electron chi connectivity index (χ2n) is 6.02. The number of aromatic nitrogens is 3. The van der Waals surface area contributed by atoms with Gasteiger partial charge in [0.2, 0.25) is 5.95 Å². The molecule has 2 heterocycles. The molecule has 2 aromatic heterocycles. The maximum absolute atomic E-state index is 13.1. The van der Waals surface area contributed by atoms with E-state index in [-0.39, 0.29) is 23.3 Å². The molecular formula is C19H17ClF3N5O. The second-order valence-corrected chi connectivity index (χ2v) is 6.43. The molecule has 0 saturated carbocycles. The minimum atomic E-state index is -4.57. The van der Waals surface area contributed by atoms with Crippen molar-refractivity contribution in [2.45, 2.75) is 12.6 Å². The summed E-state index contributed by atoms with van der Waals surface area (Å²) >= 11 is 5.68. The van der Waals surface area contributed by atoms with Gasteiger partial charge in [0, 0.05) is 42.9 Å². The summed E-state index contributed by atoms with van der Waals surface area (Å²) in [6.45, 7) is 0.446. The van der Waals surface area contributed by atoms with Crippen LogP contribution in [0.5, 0.6) is 0 Å². The van der Waals surface area contributed by atoms with Crippen LogP contribution in [0.2, 0.25) is 5.02 Å². The predicted octanol–water partition coefficient (Wildman–Crippen LogP) is 4.75. The molecule has 0 radical (unpaired) electrons. The summed E-state index contributed by atoms with van der Waals surface area (Å²) in [7, 11) is 0. The maximum atomic E-state index is 13.1. The summed E-state index contributed by atoms with van der Waals surface area (Å²) in [6, 6.07) is 8.67. The lowest BCUT2D eigenvalue weighted by Gasteiger charge is -2.14. The van der Waals surface area contributed by atoms with Gasteiger partial charge in [0.05, 0.1) is 16.3 Å². The molecular weight excluding hydrogens is 407 g/mol. The molecule has 0 fully saturated rings. The van der Waals surface area contributed by atoms with Crippen molar-refractivity contribution in [2.24, 2.45) is 0 Å². The first-order chi connectivity index (χ1) is 13.9. The zero-order valence-corrected chi connectivity index (χ0v) is 15.8. The van der Waals surface area contributed by atoms with Crippen LogP contribution in [0, 0.1) is 0 Å². The molecule has 10 heteroatoms. The fourth-order valence-corrected chi connectivity index (χ4v) is 2.73. The molecule has 0 spiro atoms. The SMILES string of the molecule is OCCCNc1nc(Nc2ccc(Cl)c(C(F)(F)F)c2)cc(-c2ccncc2)n1. The van der Waals surface area contributed by atoms with Crippen LogP contribution in [-0.2, 0) is 6.18 Å². The zero-order valence-electron chi connectivity index (χ0n) is 15.0. The zero-order chi connectivity index (χ0) is 20.9. The standard InChI is InChI=1S/C19H17ClF3N5O/c20-15-3-2-13(10-14(15)19(21,22)23)26-17-11-16(12-4-7-24-8-5-12)27-18(28-17)25-6-1-9-29/h2-5,7-8,10-11,29H,1,6,9H2,(H2,25,26,27,28). The Labute approximate surface area is 169 Å². The molecule has 0 saturated heterocycles. The third kappa shape index (κ3) is 5.55. The van der Waals surface area contributed by atoms with Gasteiger partial charge in [-0.2, -0.15) is 18.2 Å². The second kappa shape index (κ2) is 9.06. The molecule has 1 aromatic carbocycles. The third-order valence-corrected chi connectivity index (χ3v) is 4.19. The summed E-state index contributed by atoms with van der Waals surface area (Å²) in [5, 5.41) is 14.4. The van der Waals surface area contributed by atoms with Gasteiger partial charge < -0.3 is 15.7 Å². The largest absolute Gasteiger partial charge is 0.417 e. The van der Waals surface area contributed by atoms with Gasteiger partial charge >= 0.3 is 6.18 Å². The van der Waals surface area contributed by atoms with Crippen molar-refractivity contribution in [3.8, 4) is 11.3 Å². The molecule has 29 heavy (non-hydrogen) atoms. The minimum absolute atomic E-state index is 0.00709. The number of rotatable bonds is 7. The highest BCUT2D eigenvalue weighted by molar-refractivity contribution is 6.31. The molecule has 0 aliphatic carbocycles. The van der Waals surface area contributed by atoms with E-state index in [0.717, 1.165) is 11.6 Å². The number of aliphatic hydroxyl groups excluding tert-OH is 1. The van der Waals surface area contributed by atoms with Gasteiger partial charge in [-0.3, -0.25) is 4.98 Å². The van der Waals surface area contributed by atoms with Crippen LogP contribution in [0.25, 0.3) is 11.3 Å². The van der Waals surface area contributed by atoms with E-state index >= 15 is 0 Å². The summed E-state index contributed by atoms with van der Waals surface area (Å²) in [6.07, 6.45) is -0.853. The quantitative estimate of drug-likeness (QED) is 0.476. The summed E-state index contributed by atoms with van der Waals surface area (Å²) < 4.78 is 39.3. The Balaban J connectivity index is 1.95. The number of hydrogen-bond acceptors (Lipinski definition) is 6. The highest BCUT2D eigenvalue weighted by atomic mass is 35.5. The first-order valence-corrected chi connectivity index (χ1v) is 9.02.